The van der Waals surface area contributed by atoms with E-state index in [9.17, 15) is 0 Å². The number of nitrogen functional groups attached to an aromatic ring is 1. The molecule has 100 valence electrons. The molecule has 0 radical (unpaired) electrons. The van der Waals surface area contributed by atoms with E-state index >= 15 is 0 Å². The van der Waals surface area contributed by atoms with Gasteiger partial charge in [0.25, 0.3) is 0 Å². The quantitative estimate of drug-likeness (QED) is 0.367. The number of hydrogen-bond acceptors (Lipinski definition) is 5. The zero-order chi connectivity index (χ0) is 13.5. The summed E-state index contributed by atoms with van der Waals surface area (Å²) in [5, 5.41) is 0.766. The summed E-state index contributed by atoms with van der Waals surface area (Å²) in [5.41, 5.74) is 4.89. The van der Waals surface area contributed by atoms with Crippen LogP contribution in [0.25, 0.3) is 0 Å². The molecular formula is C14H18N4S. The van der Waals surface area contributed by atoms with Crippen molar-refractivity contribution >= 4 is 17.6 Å². The summed E-state index contributed by atoms with van der Waals surface area (Å²) in [6.45, 7) is 2.13. The topological polar surface area (TPSA) is 63.8 Å². The van der Waals surface area contributed by atoms with Crippen LogP contribution in [0.1, 0.15) is 24.6 Å². The van der Waals surface area contributed by atoms with Crippen molar-refractivity contribution in [2.75, 3.05) is 5.43 Å². The minimum atomic E-state index is 0.675. The van der Waals surface area contributed by atoms with Crippen LogP contribution < -0.4 is 11.3 Å². The summed E-state index contributed by atoms with van der Waals surface area (Å²) in [4.78, 5) is 8.91. The van der Waals surface area contributed by atoms with Crippen molar-refractivity contribution < 1.29 is 0 Å². The summed E-state index contributed by atoms with van der Waals surface area (Å²) >= 11 is 1.63. The third kappa shape index (κ3) is 4.22. The molecule has 19 heavy (non-hydrogen) atoms. The normalized spacial score (nSPS) is 10.4. The van der Waals surface area contributed by atoms with Crippen LogP contribution in [0, 0.1) is 0 Å². The van der Waals surface area contributed by atoms with E-state index in [2.05, 4.69) is 34.5 Å². The van der Waals surface area contributed by atoms with Crippen LogP contribution in [0.3, 0.4) is 0 Å². The Bertz CT molecular complexity index is 516. The maximum atomic E-state index is 5.44. The highest BCUT2D eigenvalue weighted by Gasteiger charge is 2.04. The lowest BCUT2D eigenvalue weighted by molar-refractivity contribution is 0.828. The van der Waals surface area contributed by atoms with Crippen LogP contribution in [-0.2, 0) is 12.2 Å². The third-order valence-corrected chi connectivity index (χ3v) is 3.54. The van der Waals surface area contributed by atoms with Crippen LogP contribution in [0.5, 0.6) is 0 Å². The van der Waals surface area contributed by atoms with Gasteiger partial charge in [-0.25, -0.2) is 15.8 Å². The lowest BCUT2D eigenvalue weighted by atomic mass is 10.2. The van der Waals surface area contributed by atoms with Gasteiger partial charge in [-0.05, 0) is 12.0 Å². The number of aromatic nitrogens is 2. The number of hydrazine groups is 1. The van der Waals surface area contributed by atoms with Gasteiger partial charge >= 0.3 is 0 Å². The van der Waals surface area contributed by atoms with Crippen molar-refractivity contribution in [3.05, 3.63) is 47.7 Å². The Morgan fingerprint density at radius 2 is 2.00 bits per heavy atom. The van der Waals surface area contributed by atoms with Crippen molar-refractivity contribution in [3.63, 3.8) is 0 Å². The van der Waals surface area contributed by atoms with E-state index < -0.39 is 0 Å². The molecule has 5 heteroatoms. The van der Waals surface area contributed by atoms with Crippen LogP contribution >= 0.6 is 11.8 Å². The first-order chi connectivity index (χ1) is 9.31. The van der Waals surface area contributed by atoms with Crippen molar-refractivity contribution in [3.8, 4) is 0 Å². The summed E-state index contributed by atoms with van der Waals surface area (Å²) in [6.07, 6.45) is 2.00. The van der Waals surface area contributed by atoms with Crippen LogP contribution in [-0.4, -0.2) is 9.97 Å². The number of nitrogens with zero attached hydrogens (tertiary/aromatic N) is 2. The van der Waals surface area contributed by atoms with Gasteiger partial charge in [0.1, 0.15) is 5.82 Å². The highest BCUT2D eigenvalue weighted by molar-refractivity contribution is 7.98. The molecule has 0 amide bonds. The molecule has 0 atom stereocenters. The van der Waals surface area contributed by atoms with Gasteiger partial charge in [-0.15, -0.1) is 0 Å². The first-order valence-corrected chi connectivity index (χ1v) is 7.31. The number of anilines is 1. The summed E-state index contributed by atoms with van der Waals surface area (Å²) in [6, 6.07) is 12.2. The van der Waals surface area contributed by atoms with Crippen LogP contribution in [0.2, 0.25) is 0 Å². The van der Waals surface area contributed by atoms with Crippen molar-refractivity contribution in [2.45, 2.75) is 30.7 Å². The Morgan fingerprint density at radius 3 is 2.68 bits per heavy atom. The zero-order valence-electron chi connectivity index (χ0n) is 11.0. The second-order valence-electron chi connectivity index (χ2n) is 4.20. The molecule has 1 aromatic carbocycles. The summed E-state index contributed by atoms with van der Waals surface area (Å²) < 4.78 is 0. The van der Waals surface area contributed by atoms with Crippen LogP contribution in [0.15, 0.2) is 41.6 Å². The molecular weight excluding hydrogens is 256 g/mol. The van der Waals surface area contributed by atoms with E-state index in [1.54, 1.807) is 11.8 Å². The van der Waals surface area contributed by atoms with Gasteiger partial charge in [0.2, 0.25) is 0 Å². The maximum absolute atomic E-state index is 5.44. The first kappa shape index (κ1) is 13.8. The average molecular weight is 274 g/mol. The molecule has 0 unspecified atom stereocenters. The molecule has 4 nitrogen and oxygen atoms in total. The van der Waals surface area contributed by atoms with Crippen molar-refractivity contribution in [1.29, 1.82) is 0 Å². The molecule has 2 aromatic rings. The highest BCUT2D eigenvalue weighted by atomic mass is 32.2. The smallest absolute Gasteiger partial charge is 0.190 e. The SMILES string of the molecule is CCCc1cc(NN)nc(SCc2ccccc2)n1. The number of nitrogens with one attached hydrogen (secondary N) is 1. The molecule has 0 saturated heterocycles. The zero-order valence-corrected chi connectivity index (χ0v) is 11.8. The second-order valence-corrected chi connectivity index (χ2v) is 5.14. The molecule has 1 aromatic heterocycles. The molecule has 0 bridgehead atoms. The lowest BCUT2D eigenvalue weighted by Crippen LogP contribution is -2.10. The fourth-order valence-corrected chi connectivity index (χ4v) is 2.55. The molecule has 0 fully saturated rings. The van der Waals surface area contributed by atoms with Gasteiger partial charge in [-0.2, -0.15) is 0 Å². The largest absolute Gasteiger partial charge is 0.308 e. The van der Waals surface area contributed by atoms with Gasteiger partial charge < -0.3 is 5.43 Å². The summed E-state index contributed by atoms with van der Waals surface area (Å²) in [5.74, 6) is 6.98. The number of aryl methyl sites for hydroxylation is 1. The predicted octanol–water partition coefficient (Wildman–Crippen LogP) is 3.01. The molecule has 3 N–H and O–H groups in total. The Hall–Kier alpha value is -1.59. The first-order valence-electron chi connectivity index (χ1n) is 6.33. The van der Waals surface area contributed by atoms with Crippen molar-refractivity contribution in [2.24, 2.45) is 5.84 Å². The summed E-state index contributed by atoms with van der Waals surface area (Å²) in [7, 11) is 0. The molecule has 0 saturated carbocycles. The Labute approximate surface area is 117 Å². The maximum Gasteiger partial charge on any atom is 0.190 e. The van der Waals surface area contributed by atoms with Gasteiger partial charge in [-0.3, -0.25) is 0 Å². The minimum Gasteiger partial charge on any atom is -0.308 e. The third-order valence-electron chi connectivity index (χ3n) is 2.62. The van der Waals surface area contributed by atoms with E-state index in [4.69, 9.17) is 5.84 Å². The molecule has 0 aliphatic rings. The number of hydrogen-bond donors (Lipinski definition) is 2. The standard InChI is InChI=1S/C14H18N4S/c1-2-6-12-9-13(18-15)17-14(16-12)19-10-11-7-4-3-5-8-11/h3-5,7-9H,2,6,10,15H2,1H3,(H,16,17,18). The minimum absolute atomic E-state index is 0.675. The van der Waals surface area contributed by atoms with Gasteiger partial charge in [0.05, 0.1) is 0 Å². The van der Waals surface area contributed by atoms with E-state index in [-0.39, 0.29) is 0 Å². The molecule has 1 heterocycles. The van der Waals surface area contributed by atoms with E-state index in [1.807, 2.05) is 24.3 Å². The van der Waals surface area contributed by atoms with Crippen LogP contribution in [0.4, 0.5) is 5.82 Å². The Balaban J connectivity index is 2.08. The van der Waals surface area contributed by atoms with Crippen molar-refractivity contribution in [1.82, 2.24) is 9.97 Å². The predicted molar refractivity (Wildman–Crippen MR) is 79.8 cm³/mol. The molecule has 0 aliphatic carbocycles. The second kappa shape index (κ2) is 7.11. The van der Waals surface area contributed by atoms with Gasteiger partial charge in [-0.1, -0.05) is 55.4 Å². The lowest BCUT2D eigenvalue weighted by Gasteiger charge is -2.06. The number of rotatable bonds is 6. The number of thioether (sulfide) groups is 1. The molecule has 0 aliphatic heterocycles. The van der Waals surface area contributed by atoms with E-state index in [0.717, 1.165) is 29.4 Å². The number of nitrogens with two attached hydrogens (primary N) is 1. The van der Waals surface area contributed by atoms with E-state index in [0.29, 0.717) is 5.82 Å². The molecule has 0 spiro atoms. The monoisotopic (exact) mass is 274 g/mol. The fourth-order valence-electron chi connectivity index (χ4n) is 1.72. The fraction of sp³-hybridized carbons (Fsp3) is 0.286. The number of benzene rings is 1. The molecule has 2 rings (SSSR count). The van der Waals surface area contributed by atoms with Gasteiger partial charge in [0.15, 0.2) is 5.16 Å². The Kier molecular flexibility index (Phi) is 5.18. The highest BCUT2D eigenvalue weighted by Crippen LogP contribution is 2.21. The average Bonchev–Trinajstić information content (AvgIpc) is 2.46. The van der Waals surface area contributed by atoms with E-state index in [1.165, 1.54) is 5.56 Å². The van der Waals surface area contributed by atoms with Gasteiger partial charge in [0, 0.05) is 17.5 Å². The Morgan fingerprint density at radius 1 is 1.21 bits per heavy atom.